The monoisotopic (exact) mass is 457 g/mol. The minimum Gasteiger partial charge on any atom is -0.379 e. The van der Waals surface area contributed by atoms with Gasteiger partial charge in [0.2, 0.25) is 0 Å². The molecule has 7 heteroatoms. The van der Waals surface area contributed by atoms with E-state index in [9.17, 15) is 14.9 Å². The fourth-order valence-electron chi connectivity index (χ4n) is 3.85. The smallest absolute Gasteiger partial charge is 0.270 e. The highest BCUT2D eigenvalue weighted by Gasteiger charge is 2.14. The summed E-state index contributed by atoms with van der Waals surface area (Å²) in [6.45, 7) is 4.71. The van der Waals surface area contributed by atoms with Crippen molar-refractivity contribution >= 4 is 23.2 Å². The Morgan fingerprint density at radius 3 is 2.38 bits per heavy atom. The van der Waals surface area contributed by atoms with Gasteiger partial charge in [0, 0.05) is 43.9 Å². The predicted octanol–water partition coefficient (Wildman–Crippen LogP) is 4.28. The number of hydrogen-bond donors (Lipinski definition) is 1. The van der Waals surface area contributed by atoms with Crippen molar-refractivity contribution < 1.29 is 14.5 Å². The fourth-order valence-corrected chi connectivity index (χ4v) is 3.85. The molecule has 174 valence electrons. The van der Waals surface area contributed by atoms with Gasteiger partial charge < -0.3 is 10.1 Å². The number of ether oxygens (including phenoxy) is 1. The number of morpholine rings is 1. The highest BCUT2D eigenvalue weighted by Crippen LogP contribution is 2.21. The van der Waals surface area contributed by atoms with Crippen LogP contribution in [0.1, 0.15) is 22.3 Å². The van der Waals surface area contributed by atoms with Gasteiger partial charge in [-0.15, -0.1) is 0 Å². The SMILES string of the molecule is O=C(NCc1ccc(CN2CCOCC2)cc1)/C(=C/c1cccc([N+](=O)[O-])c1)c1ccccc1. The van der Waals surface area contributed by atoms with Gasteiger partial charge in [0.05, 0.1) is 18.1 Å². The van der Waals surface area contributed by atoms with Gasteiger partial charge in [0.1, 0.15) is 0 Å². The van der Waals surface area contributed by atoms with Crippen LogP contribution in [0.5, 0.6) is 0 Å². The molecule has 1 aliphatic heterocycles. The van der Waals surface area contributed by atoms with E-state index < -0.39 is 4.92 Å². The maximum Gasteiger partial charge on any atom is 0.270 e. The zero-order valence-corrected chi connectivity index (χ0v) is 18.9. The zero-order valence-electron chi connectivity index (χ0n) is 18.9. The van der Waals surface area contributed by atoms with E-state index in [1.807, 2.05) is 42.5 Å². The maximum atomic E-state index is 13.1. The molecule has 0 atom stereocenters. The number of hydrogen-bond acceptors (Lipinski definition) is 5. The molecular formula is C27H27N3O4. The second kappa shape index (κ2) is 11.4. The van der Waals surface area contributed by atoms with Crippen LogP contribution < -0.4 is 5.32 Å². The lowest BCUT2D eigenvalue weighted by Crippen LogP contribution is -2.35. The van der Waals surface area contributed by atoms with Crippen LogP contribution in [-0.4, -0.2) is 42.0 Å². The number of nitrogens with zero attached hydrogens (tertiary/aromatic N) is 2. The molecule has 0 spiro atoms. The molecule has 0 bridgehead atoms. The third kappa shape index (κ3) is 6.37. The molecule has 1 fully saturated rings. The Morgan fingerprint density at radius 2 is 1.68 bits per heavy atom. The van der Waals surface area contributed by atoms with Crippen molar-refractivity contribution in [2.75, 3.05) is 26.3 Å². The summed E-state index contributed by atoms with van der Waals surface area (Å²) >= 11 is 0. The van der Waals surface area contributed by atoms with Crippen LogP contribution >= 0.6 is 0 Å². The van der Waals surface area contributed by atoms with Gasteiger partial charge in [0.15, 0.2) is 0 Å². The van der Waals surface area contributed by atoms with E-state index in [1.165, 1.54) is 17.7 Å². The third-order valence-corrected chi connectivity index (χ3v) is 5.71. The largest absolute Gasteiger partial charge is 0.379 e. The van der Waals surface area contributed by atoms with Crippen LogP contribution in [0.3, 0.4) is 0 Å². The van der Waals surface area contributed by atoms with E-state index in [1.54, 1.807) is 18.2 Å². The van der Waals surface area contributed by atoms with Crippen molar-refractivity contribution in [1.29, 1.82) is 0 Å². The van der Waals surface area contributed by atoms with Gasteiger partial charge in [0.25, 0.3) is 11.6 Å². The number of rotatable bonds is 8. The summed E-state index contributed by atoms with van der Waals surface area (Å²) in [4.78, 5) is 26.2. The molecule has 0 aliphatic carbocycles. The molecule has 4 rings (SSSR count). The Bertz CT molecular complexity index is 1150. The second-order valence-corrected chi connectivity index (χ2v) is 8.16. The minimum absolute atomic E-state index is 0.0151. The lowest BCUT2D eigenvalue weighted by atomic mass is 10.0. The van der Waals surface area contributed by atoms with Crippen LogP contribution in [0.15, 0.2) is 78.9 Å². The Labute approximate surface area is 198 Å². The normalized spacial score (nSPS) is 14.5. The van der Waals surface area contributed by atoms with E-state index in [0.717, 1.165) is 44.0 Å². The molecule has 1 saturated heterocycles. The summed E-state index contributed by atoms with van der Waals surface area (Å²) in [6, 6.07) is 23.8. The molecule has 1 heterocycles. The molecular weight excluding hydrogens is 430 g/mol. The van der Waals surface area contributed by atoms with Gasteiger partial charge in [-0.05, 0) is 28.3 Å². The standard InChI is InChI=1S/C27H27N3O4/c31-27(28-19-21-9-11-22(12-10-21)20-29-13-15-34-16-14-29)26(24-6-2-1-3-7-24)18-23-5-4-8-25(17-23)30(32)33/h1-12,17-18H,13-16,19-20H2,(H,28,31)/b26-18+. The van der Waals surface area contributed by atoms with Crippen molar-refractivity contribution in [1.82, 2.24) is 10.2 Å². The van der Waals surface area contributed by atoms with Crippen molar-refractivity contribution in [3.8, 4) is 0 Å². The molecule has 3 aromatic carbocycles. The summed E-state index contributed by atoms with van der Waals surface area (Å²) in [5, 5.41) is 14.1. The lowest BCUT2D eigenvalue weighted by Gasteiger charge is -2.26. The number of nitrogens with one attached hydrogen (secondary N) is 1. The quantitative estimate of drug-likeness (QED) is 0.236. The highest BCUT2D eigenvalue weighted by atomic mass is 16.6. The van der Waals surface area contributed by atoms with Gasteiger partial charge >= 0.3 is 0 Å². The van der Waals surface area contributed by atoms with Crippen LogP contribution in [0.25, 0.3) is 11.6 Å². The van der Waals surface area contributed by atoms with Gasteiger partial charge in [-0.25, -0.2) is 0 Å². The highest BCUT2D eigenvalue weighted by molar-refractivity contribution is 6.24. The summed E-state index contributed by atoms with van der Waals surface area (Å²) in [5.74, 6) is -0.241. The number of carbonyl (C=O) groups is 1. The van der Waals surface area contributed by atoms with Crippen molar-refractivity contribution in [3.05, 3.63) is 111 Å². The Morgan fingerprint density at radius 1 is 0.971 bits per heavy atom. The van der Waals surface area contributed by atoms with E-state index in [-0.39, 0.29) is 11.6 Å². The number of benzene rings is 3. The molecule has 0 unspecified atom stereocenters. The topological polar surface area (TPSA) is 84.7 Å². The molecule has 1 amide bonds. The van der Waals surface area contributed by atoms with E-state index in [2.05, 4.69) is 22.3 Å². The molecule has 0 saturated carbocycles. The average Bonchev–Trinajstić information content (AvgIpc) is 2.88. The number of nitro groups is 1. The van der Waals surface area contributed by atoms with Crippen LogP contribution in [0.2, 0.25) is 0 Å². The molecule has 0 radical (unpaired) electrons. The second-order valence-electron chi connectivity index (χ2n) is 8.16. The summed E-state index contributed by atoms with van der Waals surface area (Å²) in [7, 11) is 0. The number of nitro benzene ring substituents is 1. The Kier molecular flexibility index (Phi) is 7.80. The lowest BCUT2D eigenvalue weighted by molar-refractivity contribution is -0.384. The van der Waals surface area contributed by atoms with Gasteiger partial charge in [-0.3, -0.25) is 19.8 Å². The van der Waals surface area contributed by atoms with Crippen molar-refractivity contribution in [2.45, 2.75) is 13.1 Å². The van der Waals surface area contributed by atoms with Crippen LogP contribution in [-0.2, 0) is 22.6 Å². The van der Waals surface area contributed by atoms with Gasteiger partial charge in [-0.1, -0.05) is 66.7 Å². The fraction of sp³-hybridized carbons (Fsp3) is 0.222. The first-order valence-electron chi connectivity index (χ1n) is 11.3. The molecule has 7 nitrogen and oxygen atoms in total. The van der Waals surface area contributed by atoms with Crippen molar-refractivity contribution in [2.24, 2.45) is 0 Å². The number of amides is 1. The van der Waals surface area contributed by atoms with E-state index in [0.29, 0.717) is 17.7 Å². The predicted molar refractivity (Wildman–Crippen MR) is 132 cm³/mol. The maximum absolute atomic E-state index is 13.1. The summed E-state index contributed by atoms with van der Waals surface area (Å²) in [6.07, 6.45) is 1.68. The molecule has 1 aliphatic rings. The molecule has 34 heavy (non-hydrogen) atoms. The summed E-state index contributed by atoms with van der Waals surface area (Å²) < 4.78 is 5.40. The summed E-state index contributed by atoms with van der Waals surface area (Å²) in [5.41, 5.74) is 4.00. The Hall–Kier alpha value is -3.81. The van der Waals surface area contributed by atoms with E-state index in [4.69, 9.17) is 4.74 Å². The van der Waals surface area contributed by atoms with Gasteiger partial charge in [-0.2, -0.15) is 0 Å². The average molecular weight is 458 g/mol. The Balaban J connectivity index is 1.46. The number of carbonyl (C=O) groups excluding carboxylic acids is 1. The molecule has 1 N–H and O–H groups in total. The van der Waals surface area contributed by atoms with Crippen molar-refractivity contribution in [3.63, 3.8) is 0 Å². The zero-order chi connectivity index (χ0) is 23.8. The van der Waals surface area contributed by atoms with Crippen LogP contribution in [0.4, 0.5) is 5.69 Å². The first kappa shape index (κ1) is 23.4. The minimum atomic E-state index is -0.442. The first-order valence-corrected chi connectivity index (χ1v) is 11.3. The first-order chi connectivity index (χ1) is 16.6. The third-order valence-electron chi connectivity index (χ3n) is 5.71. The van der Waals surface area contributed by atoms with E-state index >= 15 is 0 Å². The number of non-ortho nitro benzene ring substituents is 1. The van der Waals surface area contributed by atoms with Crippen LogP contribution in [0, 0.1) is 10.1 Å². The molecule has 3 aromatic rings. The molecule has 0 aromatic heterocycles.